The van der Waals surface area contributed by atoms with Crippen molar-refractivity contribution in [2.24, 2.45) is 0 Å². The van der Waals surface area contributed by atoms with Gasteiger partial charge in [0.1, 0.15) is 30.5 Å². The molecule has 35 heavy (non-hydrogen) atoms. The van der Waals surface area contributed by atoms with Crippen molar-refractivity contribution in [2.75, 3.05) is 6.61 Å². The molecule has 0 amide bonds. The van der Waals surface area contributed by atoms with Crippen LogP contribution in [-0.2, 0) is 9.47 Å². The lowest BCUT2D eigenvalue weighted by Crippen LogP contribution is -2.59. The van der Waals surface area contributed by atoms with Crippen LogP contribution < -0.4 is 0 Å². The van der Waals surface area contributed by atoms with Gasteiger partial charge in [-0.05, 0) is 42.3 Å². The summed E-state index contributed by atoms with van der Waals surface area (Å²) in [6.07, 6.45) is -11.2. The number of benzene rings is 2. The standard InChI is InChI=1S/C23H28O12/c24-9-18-20(31)21(32)22(33)23(35-18)34-17(19(30)11-2-4-14(27)16(29)8-11)6-5-12(25)10-1-3-13(26)15(28)7-10/h1-4,7-8,17-24,26-33H,5-6,9H2/t17-,18-,19-,20-,21+,22-,23-/m1/s1. The van der Waals surface area contributed by atoms with Crippen LogP contribution in [-0.4, -0.2) is 95.2 Å². The van der Waals surface area contributed by atoms with Gasteiger partial charge < -0.3 is 55.4 Å². The third-order valence-electron chi connectivity index (χ3n) is 5.80. The predicted molar refractivity (Wildman–Crippen MR) is 117 cm³/mol. The van der Waals surface area contributed by atoms with Crippen molar-refractivity contribution in [2.45, 2.75) is 55.8 Å². The molecule has 0 radical (unpaired) electrons. The van der Waals surface area contributed by atoms with E-state index in [1.165, 1.54) is 12.1 Å². The number of hydrogen-bond donors (Lipinski definition) is 9. The van der Waals surface area contributed by atoms with Crippen molar-refractivity contribution in [3.05, 3.63) is 47.5 Å². The highest BCUT2D eigenvalue weighted by atomic mass is 16.7. The van der Waals surface area contributed by atoms with E-state index >= 15 is 0 Å². The minimum absolute atomic E-state index is 0.0728. The molecule has 12 nitrogen and oxygen atoms in total. The monoisotopic (exact) mass is 496 g/mol. The van der Waals surface area contributed by atoms with E-state index in [-0.39, 0.29) is 24.0 Å². The van der Waals surface area contributed by atoms with E-state index in [9.17, 15) is 50.8 Å². The third kappa shape index (κ3) is 6.00. The molecule has 9 N–H and O–H groups in total. The maximum atomic E-state index is 12.6. The van der Waals surface area contributed by atoms with Gasteiger partial charge in [-0.25, -0.2) is 0 Å². The number of phenolic OH excluding ortho intramolecular Hbond substituents is 4. The molecule has 192 valence electrons. The van der Waals surface area contributed by atoms with Crippen LogP contribution in [0.15, 0.2) is 36.4 Å². The lowest BCUT2D eigenvalue weighted by Gasteiger charge is -2.41. The fourth-order valence-electron chi connectivity index (χ4n) is 3.71. The first-order valence-electron chi connectivity index (χ1n) is 10.7. The average molecular weight is 496 g/mol. The zero-order chi connectivity index (χ0) is 25.9. The van der Waals surface area contributed by atoms with Gasteiger partial charge in [0.15, 0.2) is 35.1 Å². The Kier molecular flexibility index (Phi) is 8.51. The first-order chi connectivity index (χ1) is 16.5. The summed E-state index contributed by atoms with van der Waals surface area (Å²) in [5.41, 5.74) is 0.160. The molecule has 1 fully saturated rings. The topological polar surface area (TPSA) is 218 Å². The predicted octanol–water partition coefficient (Wildman–Crippen LogP) is -0.609. The number of ketones is 1. The van der Waals surface area contributed by atoms with Crippen LogP contribution in [0.5, 0.6) is 23.0 Å². The Morgan fingerprint density at radius 3 is 2.11 bits per heavy atom. The number of hydrogen-bond acceptors (Lipinski definition) is 12. The van der Waals surface area contributed by atoms with Gasteiger partial charge in [0.2, 0.25) is 0 Å². The summed E-state index contributed by atoms with van der Waals surface area (Å²) in [4.78, 5) is 12.6. The molecule has 2 aromatic rings. The smallest absolute Gasteiger partial charge is 0.187 e. The summed E-state index contributed by atoms with van der Waals surface area (Å²) in [6, 6.07) is 6.99. The van der Waals surface area contributed by atoms with Gasteiger partial charge >= 0.3 is 0 Å². The molecule has 1 heterocycles. The maximum absolute atomic E-state index is 12.6. The molecule has 1 saturated heterocycles. The first kappa shape index (κ1) is 26.6. The highest BCUT2D eigenvalue weighted by molar-refractivity contribution is 5.96. The van der Waals surface area contributed by atoms with Gasteiger partial charge in [0, 0.05) is 12.0 Å². The van der Waals surface area contributed by atoms with Crippen LogP contribution in [0.4, 0.5) is 0 Å². The van der Waals surface area contributed by atoms with Crippen molar-refractivity contribution in [3.63, 3.8) is 0 Å². The normalized spacial score (nSPS) is 26.3. The minimum atomic E-state index is -1.76. The van der Waals surface area contributed by atoms with Crippen LogP contribution >= 0.6 is 0 Å². The molecule has 1 aliphatic heterocycles. The number of rotatable bonds is 9. The van der Waals surface area contributed by atoms with E-state index in [2.05, 4.69) is 0 Å². The summed E-state index contributed by atoms with van der Waals surface area (Å²) in [6.45, 7) is -0.702. The van der Waals surface area contributed by atoms with Gasteiger partial charge in [0.25, 0.3) is 0 Å². The highest BCUT2D eigenvalue weighted by Gasteiger charge is 2.45. The quantitative estimate of drug-likeness (QED) is 0.157. The fraction of sp³-hybridized carbons (Fsp3) is 0.435. The van der Waals surface area contributed by atoms with Gasteiger partial charge in [-0.2, -0.15) is 0 Å². The lowest BCUT2D eigenvalue weighted by atomic mass is 9.96. The number of carbonyl (C=O) groups excluding carboxylic acids is 1. The highest BCUT2D eigenvalue weighted by Crippen LogP contribution is 2.33. The van der Waals surface area contributed by atoms with Crippen LogP contribution in [0.25, 0.3) is 0 Å². The second kappa shape index (κ2) is 11.2. The van der Waals surface area contributed by atoms with E-state index in [1.807, 2.05) is 0 Å². The Morgan fingerprint density at radius 2 is 1.51 bits per heavy atom. The van der Waals surface area contributed by atoms with Crippen molar-refractivity contribution >= 4 is 5.78 Å². The van der Waals surface area contributed by atoms with E-state index in [0.717, 1.165) is 24.3 Å². The molecular formula is C23H28O12. The second-order valence-corrected chi connectivity index (χ2v) is 8.23. The fourth-order valence-corrected chi connectivity index (χ4v) is 3.71. The summed E-state index contributed by atoms with van der Waals surface area (Å²) >= 11 is 0. The summed E-state index contributed by atoms with van der Waals surface area (Å²) in [7, 11) is 0. The van der Waals surface area contributed by atoms with Gasteiger partial charge in [0.05, 0.1) is 12.7 Å². The van der Waals surface area contributed by atoms with Crippen LogP contribution in [0.2, 0.25) is 0 Å². The minimum Gasteiger partial charge on any atom is -0.504 e. The Labute approximate surface area is 199 Å². The van der Waals surface area contributed by atoms with E-state index in [1.54, 1.807) is 0 Å². The number of aliphatic hydroxyl groups is 5. The molecule has 0 unspecified atom stereocenters. The Balaban J connectivity index is 1.82. The van der Waals surface area contributed by atoms with Crippen LogP contribution in [0.3, 0.4) is 0 Å². The summed E-state index contributed by atoms with van der Waals surface area (Å²) in [5, 5.41) is 89.0. The van der Waals surface area contributed by atoms with Crippen molar-refractivity contribution in [1.82, 2.24) is 0 Å². The molecule has 0 bridgehead atoms. The Bertz CT molecular complexity index is 1030. The van der Waals surface area contributed by atoms with Crippen molar-refractivity contribution < 1.29 is 60.2 Å². The Hall–Kier alpha value is -2.97. The van der Waals surface area contributed by atoms with Crippen molar-refractivity contribution in [1.29, 1.82) is 0 Å². The summed E-state index contributed by atoms with van der Waals surface area (Å²) in [5.74, 6) is -2.35. The molecule has 12 heteroatoms. The Morgan fingerprint density at radius 1 is 0.886 bits per heavy atom. The zero-order valence-electron chi connectivity index (χ0n) is 18.4. The zero-order valence-corrected chi connectivity index (χ0v) is 18.4. The van der Waals surface area contributed by atoms with Crippen molar-refractivity contribution in [3.8, 4) is 23.0 Å². The van der Waals surface area contributed by atoms with Crippen LogP contribution in [0.1, 0.15) is 34.9 Å². The molecule has 0 spiro atoms. The second-order valence-electron chi connectivity index (χ2n) is 8.23. The SMILES string of the molecule is O=C(CC[C@@H](O[C@@H]1O[C@H](CO)[C@@H](O)[C@H](O)[C@H]1O)[C@H](O)c1ccc(O)c(O)c1)c1ccc(O)c(O)c1. The number of aromatic hydroxyl groups is 4. The maximum Gasteiger partial charge on any atom is 0.187 e. The molecule has 1 aliphatic rings. The van der Waals surface area contributed by atoms with Gasteiger partial charge in [-0.15, -0.1) is 0 Å². The number of ether oxygens (including phenoxy) is 2. The third-order valence-corrected chi connectivity index (χ3v) is 5.80. The first-order valence-corrected chi connectivity index (χ1v) is 10.7. The average Bonchev–Trinajstić information content (AvgIpc) is 2.84. The molecule has 0 saturated carbocycles. The molecule has 0 aliphatic carbocycles. The van der Waals surface area contributed by atoms with E-state index in [4.69, 9.17) is 9.47 Å². The lowest BCUT2D eigenvalue weighted by molar-refractivity contribution is -0.317. The molecule has 2 aromatic carbocycles. The number of carbonyl (C=O) groups is 1. The van der Waals surface area contributed by atoms with E-state index < -0.39 is 78.3 Å². The number of aliphatic hydroxyl groups excluding tert-OH is 5. The molecule has 0 aromatic heterocycles. The molecule has 3 rings (SSSR count). The van der Waals surface area contributed by atoms with Gasteiger partial charge in [-0.1, -0.05) is 6.07 Å². The van der Waals surface area contributed by atoms with E-state index in [0.29, 0.717) is 0 Å². The van der Waals surface area contributed by atoms with Gasteiger partial charge in [-0.3, -0.25) is 4.79 Å². The largest absolute Gasteiger partial charge is 0.504 e. The molecular weight excluding hydrogens is 468 g/mol. The number of phenols is 4. The number of Topliss-reactive ketones (excluding diaryl/α,β-unsaturated/α-hetero) is 1. The summed E-state index contributed by atoms with van der Waals surface area (Å²) < 4.78 is 11.0. The molecule has 7 atom stereocenters. The van der Waals surface area contributed by atoms with Crippen LogP contribution in [0, 0.1) is 0 Å².